The molecule has 0 spiro atoms. The summed E-state index contributed by atoms with van der Waals surface area (Å²) in [5.41, 5.74) is 1.45. The summed E-state index contributed by atoms with van der Waals surface area (Å²) in [5.74, 6) is 1.91. The zero-order chi connectivity index (χ0) is 23.5. The third-order valence-electron chi connectivity index (χ3n) is 8.14. The van der Waals surface area contributed by atoms with Crippen molar-refractivity contribution >= 4 is 27.2 Å². The van der Waals surface area contributed by atoms with E-state index in [1.165, 1.54) is 12.0 Å². The third-order valence-corrected chi connectivity index (χ3v) is 10.8. The van der Waals surface area contributed by atoms with Crippen molar-refractivity contribution in [3.8, 4) is 0 Å². The van der Waals surface area contributed by atoms with Gasteiger partial charge in [0, 0.05) is 17.4 Å². The van der Waals surface area contributed by atoms with Gasteiger partial charge in [-0.05, 0) is 99.7 Å². The van der Waals surface area contributed by atoms with Gasteiger partial charge in [-0.1, -0.05) is 44.0 Å². The summed E-state index contributed by atoms with van der Waals surface area (Å²) >= 11 is 6.15. The van der Waals surface area contributed by atoms with Crippen molar-refractivity contribution in [3.05, 3.63) is 34.9 Å². The Balaban J connectivity index is 1.66. The van der Waals surface area contributed by atoms with Gasteiger partial charge in [-0.25, -0.2) is 8.42 Å². The van der Waals surface area contributed by atoms with Crippen LogP contribution < -0.4 is 0 Å². The van der Waals surface area contributed by atoms with Crippen LogP contribution in [0.4, 0.5) is 0 Å². The van der Waals surface area contributed by atoms with Gasteiger partial charge in [0.05, 0.1) is 11.0 Å². The minimum absolute atomic E-state index is 0.102. The molecular formula is C27H41ClO3S. The molecule has 0 aromatic heterocycles. The van der Waals surface area contributed by atoms with Crippen molar-refractivity contribution in [1.29, 1.82) is 0 Å². The monoisotopic (exact) mass is 480 g/mol. The Hall–Kier alpha value is -0.870. The van der Waals surface area contributed by atoms with Gasteiger partial charge in [0.15, 0.2) is 9.84 Å². The molecule has 2 fully saturated rings. The predicted molar refractivity (Wildman–Crippen MR) is 134 cm³/mol. The quantitative estimate of drug-likeness (QED) is 0.361. The van der Waals surface area contributed by atoms with E-state index in [2.05, 4.69) is 26.0 Å². The summed E-state index contributed by atoms with van der Waals surface area (Å²) in [7, 11) is -3.01. The van der Waals surface area contributed by atoms with Gasteiger partial charge >= 0.3 is 0 Å². The number of sulfone groups is 1. The summed E-state index contributed by atoms with van der Waals surface area (Å²) in [6.07, 6.45) is 8.66. The molecule has 0 bridgehead atoms. The molecule has 0 saturated heterocycles. The number of carbonyl (C=O) groups is 1. The molecule has 3 rings (SSSR count). The molecular weight excluding hydrogens is 440 g/mol. The van der Waals surface area contributed by atoms with Crippen LogP contribution in [0.5, 0.6) is 0 Å². The highest BCUT2D eigenvalue weighted by Gasteiger charge is 2.46. The first kappa shape index (κ1) is 25.7. The Labute approximate surface area is 200 Å². The molecule has 1 atom stereocenters. The summed E-state index contributed by atoms with van der Waals surface area (Å²) in [5, 5.41) is 0.445. The molecule has 180 valence electrons. The molecule has 2 saturated carbocycles. The zero-order valence-corrected chi connectivity index (χ0v) is 21.9. The Kier molecular flexibility index (Phi) is 8.52. The van der Waals surface area contributed by atoms with Crippen molar-refractivity contribution < 1.29 is 13.2 Å². The Morgan fingerprint density at radius 2 is 1.62 bits per heavy atom. The van der Waals surface area contributed by atoms with Crippen molar-refractivity contribution in [2.75, 3.05) is 5.75 Å². The van der Waals surface area contributed by atoms with Gasteiger partial charge in [0.2, 0.25) is 0 Å². The van der Waals surface area contributed by atoms with Crippen LogP contribution in [0, 0.1) is 23.7 Å². The molecule has 32 heavy (non-hydrogen) atoms. The average Bonchev–Trinajstić information content (AvgIpc) is 2.68. The van der Waals surface area contributed by atoms with Gasteiger partial charge in [-0.3, -0.25) is 4.79 Å². The van der Waals surface area contributed by atoms with Crippen LogP contribution in [0.1, 0.15) is 91.0 Å². The fourth-order valence-corrected chi connectivity index (χ4v) is 7.43. The van der Waals surface area contributed by atoms with Crippen molar-refractivity contribution in [2.45, 2.75) is 96.1 Å². The summed E-state index contributed by atoms with van der Waals surface area (Å²) in [6, 6.07) is 8.30. The van der Waals surface area contributed by atoms with E-state index < -0.39 is 9.84 Å². The number of Topliss-reactive ketones (excluding diaryl/α,β-unsaturated/α-hetero) is 1. The van der Waals surface area contributed by atoms with Crippen LogP contribution >= 0.6 is 11.6 Å². The lowest BCUT2D eigenvalue weighted by Gasteiger charge is -2.49. The van der Waals surface area contributed by atoms with Gasteiger partial charge in [0.25, 0.3) is 0 Å². The summed E-state index contributed by atoms with van der Waals surface area (Å²) in [4.78, 5) is 13.4. The van der Waals surface area contributed by atoms with E-state index in [0.29, 0.717) is 24.0 Å². The lowest BCUT2D eigenvalue weighted by molar-refractivity contribution is -0.126. The van der Waals surface area contributed by atoms with Gasteiger partial charge in [0.1, 0.15) is 5.78 Å². The summed E-state index contributed by atoms with van der Waals surface area (Å²) < 4.78 is 24.6. The van der Waals surface area contributed by atoms with Crippen LogP contribution in [-0.4, -0.2) is 25.2 Å². The van der Waals surface area contributed by atoms with Crippen LogP contribution in [0.15, 0.2) is 24.3 Å². The minimum atomic E-state index is -3.01. The number of ketones is 1. The highest BCUT2D eigenvalue weighted by Crippen LogP contribution is 2.53. The van der Waals surface area contributed by atoms with Crippen LogP contribution in [0.2, 0.25) is 5.02 Å². The first-order valence-electron chi connectivity index (χ1n) is 12.5. The number of hydrogen-bond donors (Lipinski definition) is 0. The molecule has 1 aromatic carbocycles. The molecule has 2 aliphatic rings. The van der Waals surface area contributed by atoms with E-state index in [9.17, 15) is 13.2 Å². The predicted octanol–water partition coefficient (Wildman–Crippen LogP) is 7.01. The minimum Gasteiger partial charge on any atom is -0.299 e. The molecule has 0 heterocycles. The van der Waals surface area contributed by atoms with Crippen molar-refractivity contribution in [3.63, 3.8) is 0 Å². The highest BCUT2D eigenvalue weighted by molar-refractivity contribution is 7.91. The lowest BCUT2D eigenvalue weighted by atomic mass is 9.54. The number of hydrogen-bond acceptors (Lipinski definition) is 3. The Morgan fingerprint density at radius 3 is 2.09 bits per heavy atom. The maximum atomic E-state index is 13.4. The van der Waals surface area contributed by atoms with Gasteiger partial charge in [-0.15, -0.1) is 0 Å². The number of rotatable bonds is 10. The molecule has 0 amide bonds. The van der Waals surface area contributed by atoms with Crippen LogP contribution in [0.25, 0.3) is 0 Å². The second-order valence-corrected chi connectivity index (χ2v) is 14.1. The molecule has 5 heteroatoms. The molecule has 0 N–H and O–H groups in total. The van der Waals surface area contributed by atoms with Crippen molar-refractivity contribution in [1.82, 2.24) is 0 Å². The Bertz CT molecular complexity index is 861. The Morgan fingerprint density at radius 1 is 1.03 bits per heavy atom. The number of benzene rings is 1. The van der Waals surface area contributed by atoms with E-state index in [-0.39, 0.29) is 28.3 Å². The first-order chi connectivity index (χ1) is 15.0. The standard InChI is InChI=1S/C27H41ClO3S/c1-19(2)16-24(27(14-5-15-27)23-10-12-25(28)13-11-23)17-26(29)22-8-6-21(7-9-22)18-32(30,31)20(3)4/h10-13,19-22,24H,5-9,14-18H2,1-4H3. The second kappa shape index (κ2) is 10.6. The fraction of sp³-hybridized carbons (Fsp3) is 0.741. The van der Waals surface area contributed by atoms with E-state index >= 15 is 0 Å². The van der Waals surface area contributed by atoms with Crippen LogP contribution in [0.3, 0.4) is 0 Å². The first-order valence-corrected chi connectivity index (χ1v) is 14.6. The average molecular weight is 481 g/mol. The SMILES string of the molecule is CC(C)CC(CC(=O)C1CCC(CS(=O)(=O)C(C)C)CC1)C1(c2ccc(Cl)cc2)CCC1. The molecule has 0 aliphatic heterocycles. The topological polar surface area (TPSA) is 51.2 Å². The second-order valence-electron chi connectivity index (χ2n) is 11.1. The van der Waals surface area contributed by atoms with E-state index in [1.807, 2.05) is 12.1 Å². The molecule has 2 aliphatic carbocycles. The van der Waals surface area contributed by atoms with Crippen LogP contribution in [-0.2, 0) is 20.0 Å². The fourth-order valence-electron chi connectivity index (χ4n) is 5.93. The number of halogens is 1. The highest BCUT2D eigenvalue weighted by atomic mass is 35.5. The zero-order valence-electron chi connectivity index (χ0n) is 20.3. The van der Waals surface area contributed by atoms with E-state index in [1.54, 1.807) is 13.8 Å². The van der Waals surface area contributed by atoms with Gasteiger partial charge in [-0.2, -0.15) is 0 Å². The maximum absolute atomic E-state index is 13.4. The van der Waals surface area contributed by atoms with Gasteiger partial charge < -0.3 is 0 Å². The molecule has 1 aromatic rings. The number of carbonyl (C=O) groups excluding carboxylic acids is 1. The van der Waals surface area contributed by atoms with Crippen molar-refractivity contribution in [2.24, 2.45) is 23.7 Å². The van der Waals surface area contributed by atoms with E-state index in [4.69, 9.17) is 11.6 Å². The lowest BCUT2D eigenvalue weighted by Crippen LogP contribution is -2.44. The maximum Gasteiger partial charge on any atom is 0.152 e. The smallest absolute Gasteiger partial charge is 0.152 e. The molecule has 3 nitrogen and oxygen atoms in total. The molecule has 1 unspecified atom stereocenters. The van der Waals surface area contributed by atoms with E-state index in [0.717, 1.165) is 50.0 Å². The normalized spacial score (nSPS) is 24.3. The largest absolute Gasteiger partial charge is 0.299 e. The molecule has 0 radical (unpaired) electrons. The summed E-state index contributed by atoms with van der Waals surface area (Å²) in [6.45, 7) is 8.03. The third kappa shape index (κ3) is 5.97.